The molecule has 1 aromatic carbocycles. The summed E-state index contributed by atoms with van der Waals surface area (Å²) in [7, 11) is 0. The molecule has 0 spiro atoms. The molecular formula is C13H16N2O4. The van der Waals surface area contributed by atoms with Crippen molar-refractivity contribution in [1.29, 1.82) is 0 Å². The minimum absolute atomic E-state index is 0.102. The van der Waals surface area contributed by atoms with Crippen molar-refractivity contribution in [3.05, 3.63) is 18.2 Å². The van der Waals surface area contributed by atoms with Crippen LogP contribution in [0, 0.1) is 0 Å². The smallest absolute Gasteiger partial charge is 0.238 e. The summed E-state index contributed by atoms with van der Waals surface area (Å²) in [5, 5.41) is 12.4. The van der Waals surface area contributed by atoms with Crippen molar-refractivity contribution >= 4 is 11.6 Å². The first-order valence-electron chi connectivity index (χ1n) is 6.16. The van der Waals surface area contributed by atoms with Crippen molar-refractivity contribution in [1.82, 2.24) is 4.90 Å². The van der Waals surface area contributed by atoms with E-state index in [0.717, 1.165) is 0 Å². The number of amides is 1. The number of hydrogen-bond acceptors (Lipinski definition) is 5. The molecule has 6 nitrogen and oxygen atoms in total. The Morgan fingerprint density at radius 1 is 1.42 bits per heavy atom. The van der Waals surface area contributed by atoms with Gasteiger partial charge in [0.05, 0.1) is 12.1 Å². The number of β-amino-alcohol motifs (C(OH)–C–C–N with tert-alkyl or cyclic N) is 1. The Bertz CT molecular complexity index is 507. The molecule has 0 aliphatic carbocycles. The summed E-state index contributed by atoms with van der Waals surface area (Å²) < 4.78 is 10.4. The number of likely N-dealkylation sites (tertiary alicyclic amines) is 1. The van der Waals surface area contributed by atoms with Gasteiger partial charge in [0.2, 0.25) is 12.7 Å². The summed E-state index contributed by atoms with van der Waals surface area (Å²) in [6, 6.07) is 5.29. The van der Waals surface area contributed by atoms with E-state index in [1.807, 2.05) is 4.90 Å². The average molecular weight is 264 g/mol. The van der Waals surface area contributed by atoms with Crippen molar-refractivity contribution in [3.63, 3.8) is 0 Å². The van der Waals surface area contributed by atoms with E-state index < -0.39 is 5.60 Å². The third-order valence-corrected chi connectivity index (χ3v) is 3.15. The molecule has 1 aromatic rings. The molecule has 2 heterocycles. The minimum Gasteiger partial charge on any atom is -0.454 e. The first-order chi connectivity index (χ1) is 9.02. The van der Waals surface area contributed by atoms with Crippen LogP contribution in [0.1, 0.15) is 6.92 Å². The monoisotopic (exact) mass is 264 g/mol. The van der Waals surface area contributed by atoms with E-state index in [2.05, 4.69) is 5.32 Å². The molecule has 3 rings (SSSR count). The number of rotatable bonds is 3. The number of ether oxygens (including phenoxy) is 2. The van der Waals surface area contributed by atoms with Gasteiger partial charge in [-0.05, 0) is 19.1 Å². The van der Waals surface area contributed by atoms with Crippen LogP contribution in [0.3, 0.4) is 0 Å². The molecule has 0 aromatic heterocycles. The molecule has 102 valence electrons. The Morgan fingerprint density at radius 2 is 2.16 bits per heavy atom. The van der Waals surface area contributed by atoms with Gasteiger partial charge in [0.1, 0.15) is 0 Å². The summed E-state index contributed by atoms with van der Waals surface area (Å²) in [6.45, 7) is 3.32. The quantitative estimate of drug-likeness (QED) is 0.828. The van der Waals surface area contributed by atoms with E-state index in [0.29, 0.717) is 30.3 Å². The first kappa shape index (κ1) is 12.3. The second-order valence-corrected chi connectivity index (χ2v) is 5.26. The van der Waals surface area contributed by atoms with Crippen LogP contribution in [-0.2, 0) is 4.79 Å². The number of hydrogen-bond donors (Lipinski definition) is 2. The van der Waals surface area contributed by atoms with E-state index in [1.165, 1.54) is 0 Å². The first-order valence-corrected chi connectivity index (χ1v) is 6.16. The second-order valence-electron chi connectivity index (χ2n) is 5.26. The SMILES string of the molecule is CC1(O)CN(CC(=O)Nc2ccc3c(c2)OCO3)C1. The highest BCUT2D eigenvalue weighted by Gasteiger charge is 2.37. The van der Waals surface area contributed by atoms with Crippen LogP contribution in [0.4, 0.5) is 5.69 Å². The lowest BCUT2D eigenvalue weighted by Crippen LogP contribution is -2.61. The number of aliphatic hydroxyl groups is 1. The summed E-state index contributed by atoms with van der Waals surface area (Å²) in [5.41, 5.74) is 0.0282. The maximum absolute atomic E-state index is 11.8. The van der Waals surface area contributed by atoms with Gasteiger partial charge in [-0.3, -0.25) is 9.69 Å². The highest BCUT2D eigenvalue weighted by Crippen LogP contribution is 2.34. The Hall–Kier alpha value is -1.79. The molecule has 0 bridgehead atoms. The fourth-order valence-electron chi connectivity index (χ4n) is 2.41. The number of nitrogens with zero attached hydrogens (tertiary/aromatic N) is 1. The fourth-order valence-corrected chi connectivity index (χ4v) is 2.41. The molecule has 1 saturated heterocycles. The Balaban J connectivity index is 1.55. The van der Waals surface area contributed by atoms with Gasteiger partial charge in [-0.2, -0.15) is 0 Å². The molecular weight excluding hydrogens is 248 g/mol. The zero-order valence-corrected chi connectivity index (χ0v) is 10.7. The highest BCUT2D eigenvalue weighted by atomic mass is 16.7. The van der Waals surface area contributed by atoms with Crippen LogP contribution in [0.25, 0.3) is 0 Å². The number of benzene rings is 1. The maximum atomic E-state index is 11.8. The average Bonchev–Trinajstić information content (AvgIpc) is 2.73. The number of carbonyl (C=O) groups excluding carboxylic acids is 1. The Kier molecular flexibility index (Phi) is 2.83. The molecule has 2 N–H and O–H groups in total. The lowest BCUT2D eigenvalue weighted by Gasteiger charge is -2.43. The van der Waals surface area contributed by atoms with Crippen molar-refractivity contribution in [2.24, 2.45) is 0 Å². The Morgan fingerprint density at radius 3 is 2.89 bits per heavy atom. The number of nitrogens with one attached hydrogen (secondary N) is 1. The third-order valence-electron chi connectivity index (χ3n) is 3.15. The lowest BCUT2D eigenvalue weighted by atomic mass is 9.97. The lowest BCUT2D eigenvalue weighted by molar-refractivity contribution is -0.125. The van der Waals surface area contributed by atoms with E-state index in [1.54, 1.807) is 25.1 Å². The number of fused-ring (bicyclic) bond motifs is 1. The molecule has 6 heteroatoms. The number of carbonyl (C=O) groups is 1. The van der Waals surface area contributed by atoms with Crippen molar-refractivity contribution in [2.45, 2.75) is 12.5 Å². The highest BCUT2D eigenvalue weighted by molar-refractivity contribution is 5.92. The Labute approximate surface area is 110 Å². The van der Waals surface area contributed by atoms with Crippen molar-refractivity contribution < 1.29 is 19.4 Å². The molecule has 19 heavy (non-hydrogen) atoms. The van der Waals surface area contributed by atoms with Crippen LogP contribution in [0.2, 0.25) is 0 Å². The van der Waals surface area contributed by atoms with Gasteiger partial charge in [-0.25, -0.2) is 0 Å². The maximum Gasteiger partial charge on any atom is 0.238 e. The van der Waals surface area contributed by atoms with Gasteiger partial charge in [0.25, 0.3) is 0 Å². The molecule has 0 atom stereocenters. The van der Waals surface area contributed by atoms with E-state index in [-0.39, 0.29) is 19.2 Å². The normalized spacial score (nSPS) is 19.9. The van der Waals surface area contributed by atoms with Crippen LogP contribution in [-0.4, -0.2) is 47.9 Å². The third kappa shape index (κ3) is 2.64. The standard InChI is InChI=1S/C13H16N2O4/c1-13(17)6-15(7-13)5-12(16)14-9-2-3-10-11(4-9)19-8-18-10/h2-4,17H,5-8H2,1H3,(H,14,16). The van der Waals surface area contributed by atoms with Crippen LogP contribution >= 0.6 is 0 Å². The van der Waals surface area contributed by atoms with Gasteiger partial charge in [-0.1, -0.05) is 0 Å². The molecule has 1 fully saturated rings. The molecule has 1 amide bonds. The van der Waals surface area contributed by atoms with Gasteiger partial charge in [-0.15, -0.1) is 0 Å². The van der Waals surface area contributed by atoms with Crippen molar-refractivity contribution in [3.8, 4) is 11.5 Å². The fraction of sp³-hybridized carbons (Fsp3) is 0.462. The predicted molar refractivity (Wildman–Crippen MR) is 68.3 cm³/mol. The number of anilines is 1. The van der Waals surface area contributed by atoms with Crippen molar-refractivity contribution in [2.75, 3.05) is 31.7 Å². The van der Waals surface area contributed by atoms with Gasteiger partial charge in [0.15, 0.2) is 11.5 Å². The zero-order chi connectivity index (χ0) is 13.5. The summed E-state index contributed by atoms with van der Waals surface area (Å²) in [6.07, 6.45) is 0. The topological polar surface area (TPSA) is 71.0 Å². The van der Waals surface area contributed by atoms with Gasteiger partial charge in [0, 0.05) is 24.8 Å². The molecule has 0 saturated carbocycles. The summed E-state index contributed by atoms with van der Waals surface area (Å²) in [4.78, 5) is 13.7. The second kappa shape index (κ2) is 4.40. The van der Waals surface area contributed by atoms with Gasteiger partial charge >= 0.3 is 0 Å². The molecule has 0 unspecified atom stereocenters. The summed E-state index contributed by atoms with van der Waals surface area (Å²) >= 11 is 0. The van der Waals surface area contributed by atoms with E-state index in [9.17, 15) is 9.90 Å². The minimum atomic E-state index is -0.654. The summed E-state index contributed by atoms with van der Waals surface area (Å²) in [5.74, 6) is 1.23. The van der Waals surface area contributed by atoms with Crippen LogP contribution < -0.4 is 14.8 Å². The predicted octanol–water partition coefficient (Wildman–Crippen LogP) is 0.420. The van der Waals surface area contributed by atoms with Crippen LogP contribution in [0.15, 0.2) is 18.2 Å². The molecule has 2 aliphatic heterocycles. The van der Waals surface area contributed by atoms with Crippen LogP contribution in [0.5, 0.6) is 11.5 Å². The van der Waals surface area contributed by atoms with E-state index in [4.69, 9.17) is 9.47 Å². The largest absolute Gasteiger partial charge is 0.454 e. The van der Waals surface area contributed by atoms with Gasteiger partial charge < -0.3 is 19.9 Å². The van der Waals surface area contributed by atoms with E-state index >= 15 is 0 Å². The molecule has 2 aliphatic rings. The zero-order valence-electron chi connectivity index (χ0n) is 10.7. The molecule has 0 radical (unpaired) electrons.